The number of ether oxygens (including phenoxy) is 1. The van der Waals surface area contributed by atoms with Crippen LogP contribution in [0.2, 0.25) is 15.1 Å². The fourth-order valence-corrected chi connectivity index (χ4v) is 12.7. The van der Waals surface area contributed by atoms with Crippen molar-refractivity contribution in [2.45, 2.75) is 97.2 Å². The Hall–Kier alpha value is -1.10. The van der Waals surface area contributed by atoms with Gasteiger partial charge in [-0.25, -0.2) is 4.79 Å². The Morgan fingerprint density at radius 3 is 1.60 bits per heavy atom. The highest BCUT2D eigenvalue weighted by Crippen LogP contribution is 2.62. The maximum Gasteiger partial charge on any atom is 0.333 e. The van der Waals surface area contributed by atoms with Crippen molar-refractivity contribution >= 4 is 20.3 Å². The van der Waals surface area contributed by atoms with E-state index in [2.05, 4.69) is 68.9 Å². The molecule has 0 N–H and O–H groups in total. The number of carbonyl (C=O) groups is 2. The lowest BCUT2D eigenvalue weighted by Crippen LogP contribution is -2.61. The highest BCUT2D eigenvalue weighted by molar-refractivity contribution is 6.83. The summed E-state index contributed by atoms with van der Waals surface area (Å²) in [5, 5.41) is -0.317. The molecule has 0 radical (unpaired) electrons. The van der Waals surface area contributed by atoms with E-state index in [1.165, 1.54) is 0 Å². The molecule has 0 atom stereocenters. The van der Waals surface area contributed by atoms with Gasteiger partial charge in [0.25, 0.3) is 14.3 Å². The van der Waals surface area contributed by atoms with Crippen molar-refractivity contribution in [1.82, 2.24) is 0 Å². The quantitative estimate of drug-likeness (QED) is 0.257. The molecule has 0 rings (SSSR count). The largest absolute Gasteiger partial charge is 0.517 e. The average molecular weight is 371 g/mol. The van der Waals surface area contributed by atoms with E-state index in [1.54, 1.807) is 6.92 Å². The third-order valence-corrected chi connectivity index (χ3v) is 11.4. The van der Waals surface area contributed by atoms with Gasteiger partial charge in [-0.2, -0.15) is 0 Å². The average Bonchev–Trinajstić information content (AvgIpc) is 2.36. The number of carbonyl (C=O) groups excluding carboxylic acids is 2. The molecule has 4 nitrogen and oxygen atoms in total. The zero-order valence-electron chi connectivity index (χ0n) is 18.0. The van der Waals surface area contributed by atoms with Gasteiger partial charge in [0.1, 0.15) is 0 Å². The van der Waals surface area contributed by atoms with Gasteiger partial charge >= 0.3 is 5.97 Å². The molecule has 0 aromatic heterocycles. The van der Waals surface area contributed by atoms with Gasteiger partial charge in [-0.1, -0.05) is 68.9 Å². The molecule has 0 aromatic rings. The minimum absolute atomic E-state index is 0.106. The molecular formula is C20H38O4Si. The summed E-state index contributed by atoms with van der Waals surface area (Å²) in [4.78, 5) is 24.0. The summed E-state index contributed by atoms with van der Waals surface area (Å²) in [7, 11) is -2.53. The SMILES string of the molecule is C=C(C)C(=O)OCCCC(=O)O[Si](C(C)(C)C)(C(C)(C)C)C(C)(C)C. The van der Waals surface area contributed by atoms with Crippen molar-refractivity contribution < 1.29 is 18.8 Å². The second-order valence-corrected chi connectivity index (χ2v) is 16.0. The van der Waals surface area contributed by atoms with E-state index in [9.17, 15) is 9.59 Å². The topological polar surface area (TPSA) is 52.6 Å². The maximum absolute atomic E-state index is 12.6. The predicted octanol–water partition coefficient (Wildman–Crippen LogP) is 5.77. The summed E-state index contributed by atoms with van der Waals surface area (Å²) < 4.78 is 11.4. The summed E-state index contributed by atoms with van der Waals surface area (Å²) >= 11 is 0. The Morgan fingerprint density at radius 2 is 1.28 bits per heavy atom. The molecule has 0 fully saturated rings. The molecule has 0 aliphatic rings. The van der Waals surface area contributed by atoms with Crippen molar-refractivity contribution in [1.29, 1.82) is 0 Å². The standard InChI is InChI=1S/C20H38O4Si/c1-15(2)17(22)23-14-12-13-16(21)24-25(18(3,4)5,19(6,7)8)20(9,10)11/h1,12-14H2,2-11H3. The molecule has 146 valence electrons. The molecule has 0 aliphatic carbocycles. The van der Waals surface area contributed by atoms with Crippen molar-refractivity contribution in [3.05, 3.63) is 12.2 Å². The van der Waals surface area contributed by atoms with E-state index in [0.29, 0.717) is 12.0 Å². The van der Waals surface area contributed by atoms with E-state index in [1.807, 2.05) is 0 Å². The van der Waals surface area contributed by atoms with Gasteiger partial charge in [0, 0.05) is 12.0 Å². The Kier molecular flexibility index (Phi) is 7.71. The minimum Gasteiger partial charge on any atom is -0.517 e. The lowest BCUT2D eigenvalue weighted by molar-refractivity contribution is -0.141. The first-order valence-corrected chi connectivity index (χ1v) is 10.9. The maximum atomic E-state index is 12.6. The van der Waals surface area contributed by atoms with E-state index >= 15 is 0 Å². The van der Waals surface area contributed by atoms with Crippen LogP contribution in [-0.4, -0.2) is 26.9 Å². The molecule has 25 heavy (non-hydrogen) atoms. The van der Waals surface area contributed by atoms with Gasteiger partial charge in [0.2, 0.25) is 0 Å². The lowest BCUT2D eigenvalue weighted by atomic mass is 10.2. The van der Waals surface area contributed by atoms with Crippen molar-refractivity contribution in [3.8, 4) is 0 Å². The fourth-order valence-electron chi connectivity index (χ4n) is 4.56. The fraction of sp³-hybridized carbons (Fsp3) is 0.800. The molecular weight excluding hydrogens is 332 g/mol. The second-order valence-electron chi connectivity index (χ2n) is 9.93. The van der Waals surface area contributed by atoms with Crippen LogP contribution >= 0.6 is 0 Å². The van der Waals surface area contributed by atoms with Crippen LogP contribution in [0.4, 0.5) is 0 Å². The van der Waals surface area contributed by atoms with Crippen LogP contribution in [0.15, 0.2) is 12.2 Å². The van der Waals surface area contributed by atoms with E-state index in [0.717, 1.165) is 0 Å². The third-order valence-electron chi connectivity index (χ3n) is 4.54. The molecule has 5 heteroatoms. The molecule has 0 aromatic carbocycles. The molecule has 0 aliphatic heterocycles. The van der Waals surface area contributed by atoms with Gasteiger partial charge in [-0.15, -0.1) is 0 Å². The Balaban J connectivity index is 5.20. The first-order valence-electron chi connectivity index (χ1n) is 9.02. The van der Waals surface area contributed by atoms with Gasteiger partial charge < -0.3 is 9.16 Å². The summed E-state index contributed by atoms with van der Waals surface area (Å²) in [6.07, 6.45) is 0.710. The van der Waals surface area contributed by atoms with Crippen LogP contribution in [0.3, 0.4) is 0 Å². The third kappa shape index (κ3) is 5.70. The number of rotatable bonds is 6. The summed E-state index contributed by atoms with van der Waals surface area (Å²) in [5.41, 5.74) is 0.363. The minimum atomic E-state index is -2.53. The summed E-state index contributed by atoms with van der Waals surface area (Å²) in [5.74, 6) is -0.617. The van der Waals surface area contributed by atoms with Gasteiger partial charge in [0.05, 0.1) is 6.61 Å². The first-order chi connectivity index (χ1) is 11.0. The van der Waals surface area contributed by atoms with Crippen molar-refractivity contribution in [2.75, 3.05) is 6.61 Å². The molecule has 0 spiro atoms. The molecule has 0 amide bonds. The second kappa shape index (κ2) is 8.06. The van der Waals surface area contributed by atoms with Gasteiger partial charge in [0.15, 0.2) is 0 Å². The van der Waals surface area contributed by atoms with E-state index < -0.39 is 14.3 Å². The number of hydrogen-bond donors (Lipinski definition) is 0. The van der Waals surface area contributed by atoms with Gasteiger partial charge in [-0.3, -0.25) is 4.79 Å². The Morgan fingerprint density at radius 1 is 0.880 bits per heavy atom. The molecule has 0 heterocycles. The van der Waals surface area contributed by atoms with Crippen LogP contribution in [0.5, 0.6) is 0 Å². The molecule has 0 saturated heterocycles. The van der Waals surface area contributed by atoms with E-state index in [-0.39, 0.29) is 34.1 Å². The normalized spacial score (nSPS) is 13.4. The van der Waals surface area contributed by atoms with E-state index in [4.69, 9.17) is 9.16 Å². The van der Waals surface area contributed by atoms with Crippen LogP contribution in [0.1, 0.15) is 82.1 Å². The first kappa shape index (κ1) is 23.9. The highest BCUT2D eigenvalue weighted by Gasteiger charge is 2.64. The monoisotopic (exact) mass is 370 g/mol. The number of hydrogen-bond acceptors (Lipinski definition) is 4. The predicted molar refractivity (Wildman–Crippen MR) is 106 cm³/mol. The number of esters is 1. The Bertz CT molecular complexity index is 465. The smallest absolute Gasteiger partial charge is 0.333 e. The molecule has 0 unspecified atom stereocenters. The molecule has 0 saturated carbocycles. The highest BCUT2D eigenvalue weighted by atomic mass is 28.4. The lowest BCUT2D eigenvalue weighted by Gasteiger charge is -2.56. The summed E-state index contributed by atoms with van der Waals surface area (Å²) in [6, 6.07) is 0. The zero-order chi connectivity index (χ0) is 20.3. The molecule has 0 bridgehead atoms. The van der Waals surface area contributed by atoms with Crippen molar-refractivity contribution in [2.24, 2.45) is 0 Å². The van der Waals surface area contributed by atoms with Crippen molar-refractivity contribution in [3.63, 3.8) is 0 Å². The Labute approximate surface area is 155 Å². The van der Waals surface area contributed by atoms with Crippen LogP contribution in [0.25, 0.3) is 0 Å². The van der Waals surface area contributed by atoms with Gasteiger partial charge in [-0.05, 0) is 28.5 Å². The zero-order valence-corrected chi connectivity index (χ0v) is 19.0. The summed E-state index contributed by atoms with van der Waals surface area (Å²) in [6.45, 7) is 24.9. The van der Waals surface area contributed by atoms with Crippen LogP contribution in [-0.2, 0) is 18.8 Å². The van der Waals surface area contributed by atoms with Crippen LogP contribution < -0.4 is 0 Å². The van der Waals surface area contributed by atoms with Crippen LogP contribution in [0, 0.1) is 0 Å².